The summed E-state index contributed by atoms with van der Waals surface area (Å²) in [6, 6.07) is 3.58. The van der Waals surface area contributed by atoms with Gasteiger partial charge in [0.05, 0.1) is 19.4 Å². The van der Waals surface area contributed by atoms with Gasteiger partial charge in [-0.25, -0.2) is 17.5 Å². The molecule has 1 unspecified atom stereocenters. The quantitative estimate of drug-likeness (QED) is 0.217. The molecule has 0 aliphatic carbocycles. The van der Waals surface area contributed by atoms with E-state index in [1.165, 1.54) is 38.4 Å². The van der Waals surface area contributed by atoms with Gasteiger partial charge in [-0.05, 0) is 32.8 Å². The Morgan fingerprint density at radius 2 is 1.98 bits per heavy atom. The van der Waals surface area contributed by atoms with E-state index in [9.17, 15) is 22.4 Å². The van der Waals surface area contributed by atoms with Crippen LogP contribution in [0.4, 0.5) is 10.2 Å². The van der Waals surface area contributed by atoms with Crippen molar-refractivity contribution in [1.29, 1.82) is 0 Å². The van der Waals surface area contributed by atoms with Crippen molar-refractivity contribution in [2.24, 2.45) is 0 Å². The smallest absolute Gasteiger partial charge is 0.280 e. The van der Waals surface area contributed by atoms with E-state index in [1.54, 1.807) is 15.5 Å². The molecule has 0 radical (unpaired) electrons. The number of rotatable bonds is 13. The van der Waals surface area contributed by atoms with Crippen molar-refractivity contribution in [2.45, 2.75) is 39.3 Å². The summed E-state index contributed by atoms with van der Waals surface area (Å²) in [6.07, 6.45) is 3.99. The standard InChI is InChI=1S/C29H36FN5O6S/c1-7-10-11-15-42(38,39)32(5)27-24-23(26(40-6)25-29(37)33(9-3)17-19(4)35(24)25)28(36)34(31-27)18-20-12-13-21(30)16-22(20)41-14-8-2/h7-8,12-13,16,19H,1-2,9-11,14-15,17-18H2,3-6H3. The normalized spacial score (nSPS) is 15.0. The molecule has 3 aromatic rings. The highest BCUT2D eigenvalue weighted by molar-refractivity contribution is 7.92. The number of unbranched alkanes of at least 4 members (excludes halogenated alkanes) is 1. The number of carbonyl (C=O) groups excluding carboxylic acids is 1. The Hall–Kier alpha value is -4.13. The van der Waals surface area contributed by atoms with Crippen LogP contribution in [0, 0.1) is 5.82 Å². The van der Waals surface area contributed by atoms with Crippen molar-refractivity contribution in [1.82, 2.24) is 19.2 Å². The Balaban J connectivity index is 2.03. The van der Waals surface area contributed by atoms with Gasteiger partial charge in [-0.1, -0.05) is 24.8 Å². The Morgan fingerprint density at radius 1 is 1.24 bits per heavy atom. The zero-order valence-corrected chi connectivity index (χ0v) is 25.1. The number of allylic oxidation sites excluding steroid dienone is 1. The van der Waals surface area contributed by atoms with Crippen molar-refractivity contribution in [3.05, 3.63) is 70.9 Å². The van der Waals surface area contributed by atoms with E-state index < -0.39 is 21.4 Å². The summed E-state index contributed by atoms with van der Waals surface area (Å²) in [5.41, 5.74) is 0.170. The Kier molecular flexibility index (Phi) is 9.09. The van der Waals surface area contributed by atoms with Gasteiger partial charge in [-0.3, -0.25) is 13.9 Å². The molecule has 1 aromatic carbocycles. The Labute approximate surface area is 244 Å². The molecule has 11 nitrogen and oxygen atoms in total. The fourth-order valence-corrected chi connectivity index (χ4v) is 6.36. The van der Waals surface area contributed by atoms with Gasteiger partial charge in [0.1, 0.15) is 29.1 Å². The highest BCUT2D eigenvalue weighted by atomic mass is 32.2. The summed E-state index contributed by atoms with van der Waals surface area (Å²) in [6.45, 7) is 11.7. The molecule has 0 fully saturated rings. The largest absolute Gasteiger partial charge is 0.493 e. The van der Waals surface area contributed by atoms with Gasteiger partial charge >= 0.3 is 0 Å². The predicted molar refractivity (Wildman–Crippen MR) is 160 cm³/mol. The Morgan fingerprint density at radius 3 is 2.62 bits per heavy atom. The lowest BCUT2D eigenvalue weighted by Crippen LogP contribution is -2.42. The summed E-state index contributed by atoms with van der Waals surface area (Å²) in [4.78, 5) is 29.3. The maximum absolute atomic E-state index is 14.1. The molecule has 1 amide bonds. The van der Waals surface area contributed by atoms with Crippen molar-refractivity contribution in [3.63, 3.8) is 0 Å². The second kappa shape index (κ2) is 12.4. The van der Waals surface area contributed by atoms with Crippen molar-refractivity contribution in [2.75, 3.05) is 43.9 Å². The zero-order valence-electron chi connectivity index (χ0n) is 24.3. The lowest BCUT2D eigenvalue weighted by Gasteiger charge is -2.33. The van der Waals surface area contributed by atoms with Crippen molar-refractivity contribution < 1.29 is 27.1 Å². The first-order valence-electron chi connectivity index (χ1n) is 13.6. The molecule has 0 N–H and O–H groups in total. The molecule has 0 spiro atoms. The number of likely N-dealkylation sites (N-methyl/N-ethyl adjacent to an activating group) is 1. The van der Waals surface area contributed by atoms with Gasteiger partial charge in [0, 0.05) is 37.8 Å². The predicted octanol–water partition coefficient (Wildman–Crippen LogP) is 3.73. The summed E-state index contributed by atoms with van der Waals surface area (Å²) in [7, 11) is -1.17. The van der Waals surface area contributed by atoms with Crippen LogP contribution in [0.1, 0.15) is 48.8 Å². The number of sulfonamides is 1. The van der Waals surface area contributed by atoms with Crippen LogP contribution < -0.4 is 19.3 Å². The van der Waals surface area contributed by atoms with E-state index >= 15 is 0 Å². The van der Waals surface area contributed by atoms with Crippen molar-refractivity contribution in [3.8, 4) is 11.5 Å². The van der Waals surface area contributed by atoms with E-state index in [4.69, 9.17) is 9.47 Å². The topological polar surface area (TPSA) is 116 Å². The van der Waals surface area contributed by atoms with Crippen LogP contribution >= 0.6 is 0 Å². The van der Waals surface area contributed by atoms with E-state index in [0.29, 0.717) is 31.5 Å². The summed E-state index contributed by atoms with van der Waals surface area (Å²) in [5.74, 6) is -0.862. The highest BCUT2D eigenvalue weighted by Gasteiger charge is 2.38. The number of aromatic nitrogens is 3. The number of hydrogen-bond acceptors (Lipinski definition) is 7. The molecule has 2 aromatic heterocycles. The lowest BCUT2D eigenvalue weighted by molar-refractivity contribution is 0.0685. The molecule has 13 heteroatoms. The summed E-state index contributed by atoms with van der Waals surface area (Å²) in [5, 5.41) is 4.58. The molecule has 0 bridgehead atoms. The first-order chi connectivity index (χ1) is 20.0. The zero-order chi connectivity index (χ0) is 30.8. The molecule has 1 aliphatic rings. The number of hydrogen-bond donors (Lipinski definition) is 0. The Bertz CT molecular complexity index is 1700. The van der Waals surface area contributed by atoms with Gasteiger partial charge < -0.3 is 18.9 Å². The first-order valence-corrected chi connectivity index (χ1v) is 15.2. The number of ether oxygens (including phenoxy) is 2. The fraction of sp³-hybridized carbons (Fsp3) is 0.414. The average molecular weight is 602 g/mol. The number of amides is 1. The number of fused-ring (bicyclic) bond motifs is 3. The highest BCUT2D eigenvalue weighted by Crippen LogP contribution is 2.41. The second-order valence-electron chi connectivity index (χ2n) is 10.0. The van der Waals surface area contributed by atoms with Crippen LogP contribution in [0.5, 0.6) is 11.5 Å². The van der Waals surface area contributed by atoms with Crippen LogP contribution in [0.15, 0.2) is 48.3 Å². The monoisotopic (exact) mass is 601 g/mol. The third-order valence-electron chi connectivity index (χ3n) is 7.27. The lowest BCUT2D eigenvalue weighted by atomic mass is 10.2. The van der Waals surface area contributed by atoms with E-state index in [2.05, 4.69) is 18.3 Å². The first kappa shape index (κ1) is 30.8. The van der Waals surface area contributed by atoms with Gasteiger partial charge in [-0.15, -0.1) is 11.7 Å². The molecule has 42 heavy (non-hydrogen) atoms. The number of carbonyl (C=O) groups is 1. The second-order valence-corrected chi connectivity index (χ2v) is 12.1. The molecule has 1 aliphatic heterocycles. The third-order valence-corrected chi connectivity index (χ3v) is 9.08. The minimum absolute atomic E-state index is 0.0273. The van der Waals surface area contributed by atoms with Gasteiger partial charge in [-0.2, -0.15) is 0 Å². The molecular weight excluding hydrogens is 565 g/mol. The number of halogens is 1. The third kappa shape index (κ3) is 5.52. The van der Waals surface area contributed by atoms with Gasteiger partial charge in [0.2, 0.25) is 10.0 Å². The SMILES string of the molecule is C=CCCCS(=O)(=O)N(C)c1nn(Cc2ccc(F)cc2OCC=C)c(=O)c2c(OC)c3n(c12)C(C)CN(CC)C3=O. The minimum Gasteiger partial charge on any atom is -0.493 e. The maximum atomic E-state index is 14.1. The summed E-state index contributed by atoms with van der Waals surface area (Å²) >= 11 is 0. The van der Waals surface area contributed by atoms with E-state index in [1.807, 2.05) is 13.8 Å². The number of methoxy groups -OCH3 is 1. The molecule has 0 saturated carbocycles. The van der Waals surface area contributed by atoms with Crippen LogP contribution in [-0.4, -0.2) is 73.2 Å². The van der Waals surface area contributed by atoms with E-state index in [0.717, 1.165) is 8.99 Å². The molecule has 1 atom stereocenters. The van der Waals surface area contributed by atoms with Gasteiger partial charge in [0.25, 0.3) is 11.5 Å². The molecule has 0 saturated heterocycles. The van der Waals surface area contributed by atoms with E-state index in [-0.39, 0.29) is 64.8 Å². The summed E-state index contributed by atoms with van der Waals surface area (Å²) < 4.78 is 56.1. The van der Waals surface area contributed by atoms with Gasteiger partial charge in [0.15, 0.2) is 17.3 Å². The minimum atomic E-state index is -3.90. The molecule has 3 heterocycles. The van der Waals surface area contributed by atoms with Crippen LogP contribution in [-0.2, 0) is 16.6 Å². The number of benzene rings is 1. The number of nitrogens with zero attached hydrogens (tertiary/aromatic N) is 5. The molecule has 226 valence electrons. The number of anilines is 1. The van der Waals surface area contributed by atoms with Crippen LogP contribution in [0.3, 0.4) is 0 Å². The van der Waals surface area contributed by atoms with Crippen LogP contribution in [0.25, 0.3) is 10.9 Å². The van der Waals surface area contributed by atoms with Crippen molar-refractivity contribution >= 4 is 32.7 Å². The average Bonchev–Trinajstić information content (AvgIpc) is 3.32. The molecular formula is C29H36FN5O6S. The fourth-order valence-electron chi connectivity index (χ4n) is 5.17. The maximum Gasteiger partial charge on any atom is 0.280 e. The molecule has 4 rings (SSSR count). The van der Waals surface area contributed by atoms with Crippen LogP contribution in [0.2, 0.25) is 0 Å².